The second kappa shape index (κ2) is 6.22. The minimum atomic E-state index is -5.13. The van der Waals surface area contributed by atoms with E-state index in [1.54, 1.807) is 24.3 Å². The van der Waals surface area contributed by atoms with Gasteiger partial charge in [0.1, 0.15) is 0 Å². The fourth-order valence-electron chi connectivity index (χ4n) is 1.91. The summed E-state index contributed by atoms with van der Waals surface area (Å²) in [5, 5.41) is 9.83. The van der Waals surface area contributed by atoms with Gasteiger partial charge in [-0.1, -0.05) is 41.9 Å². The predicted octanol–water partition coefficient (Wildman–Crippen LogP) is 4.32. The largest absolute Gasteiger partial charge is 0.426 e. The zero-order valence-electron chi connectivity index (χ0n) is 12.0. The molecular formula is C16H13ClF3NO2. The van der Waals surface area contributed by atoms with Crippen molar-refractivity contribution in [1.82, 2.24) is 0 Å². The maximum absolute atomic E-state index is 13.0. The fourth-order valence-corrected chi connectivity index (χ4v) is 2.14. The average Bonchev–Trinajstić information content (AvgIpc) is 2.49. The van der Waals surface area contributed by atoms with Crippen LogP contribution in [0.15, 0.2) is 54.6 Å². The number of benzene rings is 2. The SMILES string of the molecule is CC(O)(C(=O)N(c1ccccc1)c1ccccc1Cl)C(F)(F)F. The van der Waals surface area contributed by atoms with Crippen LogP contribution in [0.2, 0.25) is 5.02 Å². The highest BCUT2D eigenvalue weighted by molar-refractivity contribution is 6.34. The van der Waals surface area contributed by atoms with Crippen molar-refractivity contribution in [3.05, 3.63) is 59.6 Å². The van der Waals surface area contributed by atoms with Crippen LogP contribution in [0.3, 0.4) is 0 Å². The molecule has 2 aromatic carbocycles. The van der Waals surface area contributed by atoms with Gasteiger partial charge >= 0.3 is 6.18 Å². The van der Waals surface area contributed by atoms with Crippen LogP contribution in [0, 0.1) is 0 Å². The minimum absolute atomic E-state index is 0.0508. The topological polar surface area (TPSA) is 40.5 Å². The maximum atomic E-state index is 13.0. The quantitative estimate of drug-likeness (QED) is 0.901. The van der Waals surface area contributed by atoms with Crippen LogP contribution in [-0.4, -0.2) is 22.8 Å². The minimum Gasteiger partial charge on any atom is -0.373 e. The summed E-state index contributed by atoms with van der Waals surface area (Å²) in [5.41, 5.74) is -3.34. The summed E-state index contributed by atoms with van der Waals surface area (Å²) in [5.74, 6) is -1.54. The van der Waals surface area contributed by atoms with Gasteiger partial charge in [0.05, 0.1) is 10.7 Å². The predicted molar refractivity (Wildman–Crippen MR) is 81.7 cm³/mol. The van der Waals surface area contributed by atoms with Crippen molar-refractivity contribution in [1.29, 1.82) is 0 Å². The highest BCUT2D eigenvalue weighted by Gasteiger charge is 2.57. The summed E-state index contributed by atoms with van der Waals surface area (Å²) in [6, 6.07) is 13.7. The third kappa shape index (κ3) is 3.33. The lowest BCUT2D eigenvalue weighted by atomic mass is 10.0. The van der Waals surface area contributed by atoms with Crippen LogP contribution in [-0.2, 0) is 4.79 Å². The number of carbonyl (C=O) groups excluding carboxylic acids is 1. The van der Waals surface area contributed by atoms with Gasteiger partial charge in [-0.25, -0.2) is 0 Å². The molecule has 2 rings (SSSR count). The molecule has 0 bridgehead atoms. The van der Waals surface area contributed by atoms with Crippen molar-refractivity contribution in [2.24, 2.45) is 0 Å². The van der Waals surface area contributed by atoms with Gasteiger partial charge in [-0.05, 0) is 31.2 Å². The Morgan fingerprint density at radius 1 is 1.04 bits per heavy atom. The first-order valence-corrected chi connectivity index (χ1v) is 6.97. The molecule has 122 valence electrons. The number of carbonyl (C=O) groups is 1. The normalized spacial score (nSPS) is 14.2. The molecule has 1 N–H and O–H groups in total. The molecule has 1 amide bonds. The van der Waals surface area contributed by atoms with Gasteiger partial charge in [-0.3, -0.25) is 9.69 Å². The van der Waals surface area contributed by atoms with Gasteiger partial charge in [-0.2, -0.15) is 13.2 Å². The number of para-hydroxylation sites is 2. The third-order valence-electron chi connectivity index (χ3n) is 3.28. The fraction of sp³-hybridized carbons (Fsp3) is 0.188. The Hall–Kier alpha value is -2.05. The molecule has 0 aliphatic carbocycles. The van der Waals surface area contributed by atoms with Crippen molar-refractivity contribution in [2.75, 3.05) is 4.90 Å². The summed E-state index contributed by atoms with van der Waals surface area (Å²) < 4.78 is 39.1. The molecule has 0 spiro atoms. The molecule has 0 aliphatic rings. The summed E-state index contributed by atoms with van der Waals surface area (Å²) in [4.78, 5) is 13.2. The van der Waals surface area contributed by atoms with Crippen LogP contribution in [0.4, 0.5) is 24.5 Å². The van der Waals surface area contributed by atoms with E-state index < -0.39 is 17.7 Å². The smallest absolute Gasteiger partial charge is 0.373 e. The molecule has 0 saturated carbocycles. The number of rotatable bonds is 3. The number of amides is 1. The molecule has 0 fully saturated rings. The van der Waals surface area contributed by atoms with Crippen LogP contribution >= 0.6 is 11.6 Å². The Morgan fingerprint density at radius 3 is 2.09 bits per heavy atom. The number of halogens is 4. The van der Waals surface area contributed by atoms with Gasteiger partial charge in [0.25, 0.3) is 5.91 Å². The Kier molecular flexibility index (Phi) is 4.68. The molecule has 0 radical (unpaired) electrons. The van der Waals surface area contributed by atoms with Crippen LogP contribution in [0.5, 0.6) is 0 Å². The number of hydrogen-bond acceptors (Lipinski definition) is 2. The maximum Gasteiger partial charge on any atom is 0.426 e. The van der Waals surface area contributed by atoms with Crippen molar-refractivity contribution in [3.8, 4) is 0 Å². The lowest BCUT2D eigenvalue weighted by Gasteiger charge is -2.32. The van der Waals surface area contributed by atoms with Crippen molar-refractivity contribution in [3.63, 3.8) is 0 Å². The van der Waals surface area contributed by atoms with E-state index in [-0.39, 0.29) is 16.4 Å². The van der Waals surface area contributed by atoms with E-state index >= 15 is 0 Å². The Balaban J connectivity index is 2.61. The van der Waals surface area contributed by atoms with E-state index in [0.29, 0.717) is 6.92 Å². The van der Waals surface area contributed by atoms with Gasteiger partial charge in [0, 0.05) is 5.69 Å². The Morgan fingerprint density at radius 2 is 1.57 bits per heavy atom. The number of anilines is 2. The van der Waals surface area contributed by atoms with E-state index in [2.05, 4.69) is 0 Å². The van der Waals surface area contributed by atoms with Crippen molar-refractivity contribution < 1.29 is 23.1 Å². The first-order valence-electron chi connectivity index (χ1n) is 6.59. The molecule has 1 unspecified atom stereocenters. The number of alkyl halides is 3. The Labute approximate surface area is 135 Å². The van der Waals surface area contributed by atoms with Gasteiger partial charge in [-0.15, -0.1) is 0 Å². The van der Waals surface area contributed by atoms with Crippen LogP contribution < -0.4 is 4.90 Å². The first kappa shape index (κ1) is 17.3. The molecular weight excluding hydrogens is 331 g/mol. The second-order valence-electron chi connectivity index (χ2n) is 5.00. The highest BCUT2D eigenvalue weighted by Crippen LogP contribution is 2.38. The van der Waals surface area contributed by atoms with Crippen molar-refractivity contribution in [2.45, 2.75) is 18.7 Å². The van der Waals surface area contributed by atoms with Crippen LogP contribution in [0.1, 0.15) is 6.92 Å². The molecule has 0 heterocycles. The van der Waals surface area contributed by atoms with Gasteiger partial charge in [0.15, 0.2) is 0 Å². The standard InChI is InChI=1S/C16H13ClF3NO2/c1-15(23,16(18,19)20)14(22)21(11-7-3-2-4-8-11)13-10-6-5-9-12(13)17/h2-10,23H,1H3. The zero-order chi connectivity index (χ0) is 17.3. The molecule has 0 saturated heterocycles. The summed E-state index contributed by atoms with van der Waals surface area (Å²) >= 11 is 6.02. The summed E-state index contributed by atoms with van der Waals surface area (Å²) in [7, 11) is 0. The Bertz CT molecular complexity index is 702. The van der Waals surface area contributed by atoms with Crippen molar-refractivity contribution >= 4 is 28.9 Å². The van der Waals surface area contributed by atoms with Gasteiger partial charge in [0.2, 0.25) is 5.60 Å². The molecule has 3 nitrogen and oxygen atoms in total. The van der Waals surface area contributed by atoms with E-state index in [9.17, 15) is 23.1 Å². The lowest BCUT2D eigenvalue weighted by molar-refractivity contribution is -0.243. The average molecular weight is 344 g/mol. The summed E-state index contributed by atoms with van der Waals surface area (Å²) in [6.45, 7) is 0.419. The van der Waals surface area contributed by atoms with Gasteiger partial charge < -0.3 is 5.11 Å². The molecule has 0 aliphatic heterocycles. The monoisotopic (exact) mass is 343 g/mol. The van der Waals surface area contributed by atoms with E-state index in [1.807, 2.05) is 0 Å². The lowest BCUT2D eigenvalue weighted by Crippen LogP contribution is -2.55. The first-order chi connectivity index (χ1) is 10.7. The van der Waals surface area contributed by atoms with E-state index in [1.165, 1.54) is 30.3 Å². The zero-order valence-corrected chi connectivity index (χ0v) is 12.8. The number of nitrogens with zero attached hydrogens (tertiary/aromatic N) is 1. The molecule has 1 atom stereocenters. The molecule has 2 aromatic rings. The van der Waals surface area contributed by atoms with E-state index in [0.717, 1.165) is 4.90 Å². The number of aliphatic hydroxyl groups is 1. The third-order valence-corrected chi connectivity index (χ3v) is 3.60. The second-order valence-corrected chi connectivity index (χ2v) is 5.40. The summed E-state index contributed by atoms with van der Waals surface area (Å²) in [6.07, 6.45) is -5.13. The highest BCUT2D eigenvalue weighted by atomic mass is 35.5. The number of hydrogen-bond donors (Lipinski definition) is 1. The van der Waals surface area contributed by atoms with E-state index in [4.69, 9.17) is 11.6 Å². The molecule has 7 heteroatoms. The van der Waals surface area contributed by atoms with Crippen LogP contribution in [0.25, 0.3) is 0 Å². The molecule has 23 heavy (non-hydrogen) atoms. The molecule has 0 aromatic heterocycles.